The van der Waals surface area contributed by atoms with Gasteiger partial charge in [-0.1, -0.05) is 22.0 Å². The van der Waals surface area contributed by atoms with Crippen LogP contribution in [0.4, 0.5) is 5.69 Å². The van der Waals surface area contributed by atoms with Crippen LogP contribution in [0, 0.1) is 5.92 Å². The zero-order valence-electron chi connectivity index (χ0n) is 10.7. The number of rotatable bonds is 4. The Bertz CT molecular complexity index is 389. The molecule has 1 aliphatic heterocycles. The Morgan fingerprint density at radius 3 is 2.61 bits per heavy atom. The van der Waals surface area contributed by atoms with Gasteiger partial charge in [-0.15, -0.1) is 0 Å². The smallest absolute Gasteiger partial charge is 0.0510 e. The van der Waals surface area contributed by atoms with Crippen molar-refractivity contribution in [1.29, 1.82) is 0 Å². The topological polar surface area (TPSA) is 12.5 Å². The molecule has 1 aliphatic rings. The van der Waals surface area contributed by atoms with Gasteiger partial charge in [0.25, 0.3) is 0 Å². The molecular formula is C14H19Br2NO. The molecule has 0 atom stereocenters. The second kappa shape index (κ2) is 6.92. The number of anilines is 1. The van der Waals surface area contributed by atoms with Gasteiger partial charge in [-0.05, 0) is 52.4 Å². The molecule has 0 N–H and O–H groups in total. The van der Waals surface area contributed by atoms with Gasteiger partial charge in [-0.3, -0.25) is 0 Å². The lowest BCUT2D eigenvalue weighted by atomic mass is 9.97. The molecule has 0 aliphatic carbocycles. The van der Waals surface area contributed by atoms with E-state index in [0.29, 0.717) is 0 Å². The molecule has 0 bridgehead atoms. The van der Waals surface area contributed by atoms with Crippen molar-refractivity contribution >= 4 is 37.5 Å². The Morgan fingerprint density at radius 1 is 1.33 bits per heavy atom. The summed E-state index contributed by atoms with van der Waals surface area (Å²) in [6.45, 7) is 3.15. The molecule has 0 unspecified atom stereocenters. The molecule has 1 aromatic rings. The third kappa shape index (κ3) is 3.49. The summed E-state index contributed by atoms with van der Waals surface area (Å²) in [5.41, 5.74) is 2.62. The molecule has 1 saturated heterocycles. The molecule has 0 radical (unpaired) electrons. The molecule has 18 heavy (non-hydrogen) atoms. The van der Waals surface area contributed by atoms with Gasteiger partial charge in [0.2, 0.25) is 0 Å². The average Bonchev–Trinajstić information content (AvgIpc) is 2.40. The van der Waals surface area contributed by atoms with E-state index in [1.807, 2.05) is 0 Å². The average molecular weight is 377 g/mol. The van der Waals surface area contributed by atoms with Gasteiger partial charge >= 0.3 is 0 Å². The van der Waals surface area contributed by atoms with E-state index in [1.54, 1.807) is 7.11 Å². The molecule has 4 heteroatoms. The summed E-state index contributed by atoms with van der Waals surface area (Å²) < 4.78 is 6.44. The van der Waals surface area contributed by atoms with Gasteiger partial charge in [0.1, 0.15) is 0 Å². The molecule has 2 rings (SSSR count). The molecule has 1 heterocycles. The monoisotopic (exact) mass is 375 g/mol. The molecule has 1 aromatic carbocycles. The third-order valence-corrected chi connectivity index (χ3v) is 4.81. The highest BCUT2D eigenvalue weighted by Crippen LogP contribution is 2.31. The summed E-state index contributed by atoms with van der Waals surface area (Å²) in [4.78, 5) is 2.47. The summed E-state index contributed by atoms with van der Waals surface area (Å²) in [6, 6.07) is 6.61. The van der Waals surface area contributed by atoms with E-state index in [2.05, 4.69) is 55.0 Å². The number of methoxy groups -OCH3 is 1. The van der Waals surface area contributed by atoms with Crippen molar-refractivity contribution in [3.8, 4) is 0 Å². The number of halogens is 2. The minimum Gasteiger partial charge on any atom is -0.384 e. The zero-order chi connectivity index (χ0) is 13.0. The molecule has 0 saturated carbocycles. The number of alkyl halides is 1. The number of hydrogen-bond acceptors (Lipinski definition) is 2. The van der Waals surface area contributed by atoms with Crippen LogP contribution in [0.3, 0.4) is 0 Å². The van der Waals surface area contributed by atoms with Crippen molar-refractivity contribution in [2.75, 3.05) is 31.7 Å². The minimum absolute atomic E-state index is 0.729. The van der Waals surface area contributed by atoms with Crippen molar-refractivity contribution in [2.45, 2.75) is 18.2 Å². The number of hydrogen-bond donors (Lipinski definition) is 0. The first-order valence-corrected chi connectivity index (χ1v) is 8.24. The second-order valence-corrected chi connectivity index (χ2v) is 6.22. The molecule has 0 spiro atoms. The van der Waals surface area contributed by atoms with Gasteiger partial charge in [0.05, 0.1) is 5.69 Å². The summed E-state index contributed by atoms with van der Waals surface area (Å²) in [7, 11) is 1.79. The highest BCUT2D eigenvalue weighted by atomic mass is 79.9. The van der Waals surface area contributed by atoms with E-state index in [0.717, 1.165) is 30.9 Å². The number of piperidine rings is 1. The highest BCUT2D eigenvalue weighted by molar-refractivity contribution is 9.10. The number of benzene rings is 1. The van der Waals surface area contributed by atoms with Crippen LogP contribution in [0.5, 0.6) is 0 Å². The maximum absolute atomic E-state index is 5.24. The van der Waals surface area contributed by atoms with E-state index in [9.17, 15) is 0 Å². The number of ether oxygens (including phenoxy) is 1. The van der Waals surface area contributed by atoms with Crippen molar-refractivity contribution in [1.82, 2.24) is 0 Å². The number of nitrogens with zero attached hydrogens (tertiary/aromatic N) is 1. The van der Waals surface area contributed by atoms with Crippen LogP contribution in [0.25, 0.3) is 0 Å². The highest BCUT2D eigenvalue weighted by Gasteiger charge is 2.20. The fraction of sp³-hybridized carbons (Fsp3) is 0.571. The van der Waals surface area contributed by atoms with Gasteiger partial charge in [-0.2, -0.15) is 0 Å². The van der Waals surface area contributed by atoms with Crippen LogP contribution < -0.4 is 4.90 Å². The van der Waals surface area contributed by atoms with Gasteiger partial charge in [0.15, 0.2) is 0 Å². The largest absolute Gasteiger partial charge is 0.384 e. The second-order valence-electron chi connectivity index (χ2n) is 4.81. The van der Waals surface area contributed by atoms with Gasteiger partial charge in [-0.25, -0.2) is 0 Å². The Morgan fingerprint density at radius 2 is 2.06 bits per heavy atom. The quantitative estimate of drug-likeness (QED) is 0.730. The fourth-order valence-corrected chi connectivity index (χ4v) is 3.49. The van der Waals surface area contributed by atoms with E-state index in [-0.39, 0.29) is 0 Å². The predicted octanol–water partition coefficient (Wildman–Crippen LogP) is 4.21. The molecule has 0 aromatic heterocycles. The predicted molar refractivity (Wildman–Crippen MR) is 83.6 cm³/mol. The standard InChI is InChI=1S/C14H19Br2NO/c1-18-10-11-4-6-17(7-5-11)14-3-2-12(9-15)8-13(14)16/h2-3,8,11H,4-7,9-10H2,1H3. The normalized spacial score (nSPS) is 17.2. The van der Waals surface area contributed by atoms with Gasteiger partial charge < -0.3 is 9.64 Å². The van der Waals surface area contributed by atoms with Crippen LogP contribution in [-0.2, 0) is 10.1 Å². The fourth-order valence-electron chi connectivity index (χ4n) is 2.47. The Hall–Kier alpha value is -0.0600. The maximum Gasteiger partial charge on any atom is 0.0510 e. The maximum atomic E-state index is 5.24. The van der Waals surface area contributed by atoms with E-state index >= 15 is 0 Å². The van der Waals surface area contributed by atoms with Crippen LogP contribution in [0.2, 0.25) is 0 Å². The van der Waals surface area contributed by atoms with E-state index < -0.39 is 0 Å². The molecule has 1 fully saturated rings. The van der Waals surface area contributed by atoms with Crippen LogP contribution in [0.1, 0.15) is 18.4 Å². The lowest BCUT2D eigenvalue weighted by Crippen LogP contribution is -2.35. The van der Waals surface area contributed by atoms with Crippen molar-refractivity contribution in [3.63, 3.8) is 0 Å². The summed E-state index contributed by atoms with van der Waals surface area (Å²) in [6.07, 6.45) is 2.45. The lowest BCUT2D eigenvalue weighted by Gasteiger charge is -2.34. The first-order valence-electron chi connectivity index (χ1n) is 6.33. The lowest BCUT2D eigenvalue weighted by molar-refractivity contribution is 0.139. The summed E-state index contributed by atoms with van der Waals surface area (Å²) in [5, 5.41) is 0.905. The first kappa shape index (κ1) is 14.4. The molecule has 100 valence electrons. The third-order valence-electron chi connectivity index (χ3n) is 3.52. The van der Waals surface area contributed by atoms with E-state index in [4.69, 9.17) is 4.74 Å². The molecular weight excluding hydrogens is 358 g/mol. The van der Waals surface area contributed by atoms with Crippen molar-refractivity contribution in [2.24, 2.45) is 5.92 Å². The summed E-state index contributed by atoms with van der Waals surface area (Å²) in [5.74, 6) is 0.729. The minimum atomic E-state index is 0.729. The van der Waals surface area contributed by atoms with Crippen LogP contribution in [0.15, 0.2) is 22.7 Å². The Kier molecular flexibility index (Phi) is 5.52. The Balaban J connectivity index is 2.01. The van der Waals surface area contributed by atoms with Crippen molar-refractivity contribution < 1.29 is 4.74 Å². The van der Waals surface area contributed by atoms with Crippen LogP contribution >= 0.6 is 31.9 Å². The zero-order valence-corrected chi connectivity index (χ0v) is 13.8. The van der Waals surface area contributed by atoms with Crippen molar-refractivity contribution in [3.05, 3.63) is 28.2 Å². The SMILES string of the molecule is COCC1CCN(c2ccc(CBr)cc2Br)CC1. The summed E-state index contributed by atoms with van der Waals surface area (Å²) >= 11 is 7.17. The van der Waals surface area contributed by atoms with Crippen LogP contribution in [-0.4, -0.2) is 26.8 Å². The van der Waals surface area contributed by atoms with Gasteiger partial charge in [0, 0.05) is 36.6 Å². The Labute approximate surface area is 126 Å². The first-order chi connectivity index (χ1) is 8.74. The molecule has 0 amide bonds. The molecule has 2 nitrogen and oxygen atoms in total. The van der Waals surface area contributed by atoms with E-state index in [1.165, 1.54) is 28.6 Å².